The molecule has 4 aromatic rings. The molecule has 0 saturated carbocycles. The minimum Gasteiger partial charge on any atom is -0.347 e. The average Bonchev–Trinajstić information content (AvgIpc) is 3.19. The molecule has 0 radical (unpaired) electrons. The van der Waals surface area contributed by atoms with Gasteiger partial charge in [0.15, 0.2) is 5.78 Å². The molecule has 1 heterocycles. The Hall–Kier alpha value is -2.87. The van der Waals surface area contributed by atoms with Crippen molar-refractivity contribution in [3.8, 4) is 0 Å². The first-order valence-electron chi connectivity index (χ1n) is 12.6. The fourth-order valence-corrected chi connectivity index (χ4v) is 3.71. The summed E-state index contributed by atoms with van der Waals surface area (Å²) in [6.45, 7) is -4.06. The quantitative estimate of drug-likeness (QED) is 0.364. The smallest absolute Gasteiger partial charge is 0.195 e. The second-order valence-corrected chi connectivity index (χ2v) is 6.56. The van der Waals surface area contributed by atoms with Gasteiger partial charge in [0.2, 0.25) is 0 Å². The average molecular weight is 363 g/mol. The normalized spacial score (nSPS) is 16.7. The number of fused-ring (bicyclic) bond motifs is 2. The fraction of sp³-hybridized carbons (Fsp3) is 0.240. The van der Waals surface area contributed by atoms with Gasteiger partial charge in [0.25, 0.3) is 0 Å². The maximum atomic E-state index is 13.8. The Labute approximate surface area is 170 Å². The van der Waals surface area contributed by atoms with Crippen molar-refractivity contribution < 1.29 is 14.4 Å². The van der Waals surface area contributed by atoms with Crippen molar-refractivity contribution in [2.45, 2.75) is 39.5 Å². The lowest BCUT2D eigenvalue weighted by molar-refractivity contribution is 0.104. The molecule has 0 aliphatic rings. The van der Waals surface area contributed by atoms with Crippen LogP contribution in [0.3, 0.4) is 0 Å². The zero-order valence-electron chi connectivity index (χ0n) is 22.1. The molecule has 0 N–H and O–H groups in total. The zero-order chi connectivity index (χ0) is 24.9. The van der Waals surface area contributed by atoms with Crippen molar-refractivity contribution in [2.75, 3.05) is 0 Å². The Kier molecular flexibility index (Phi) is 3.04. The molecular weight excluding hydrogens is 330 g/mol. The number of hydrogen-bond acceptors (Lipinski definition) is 1. The van der Waals surface area contributed by atoms with Crippen LogP contribution >= 0.6 is 0 Å². The van der Waals surface area contributed by atoms with Crippen molar-refractivity contribution in [3.05, 3.63) is 83.6 Å². The van der Waals surface area contributed by atoms with Gasteiger partial charge in [0, 0.05) is 44.3 Å². The monoisotopic (exact) mass is 362 g/mol. The summed E-state index contributed by atoms with van der Waals surface area (Å²) >= 11 is 0. The van der Waals surface area contributed by atoms with Gasteiger partial charge in [-0.3, -0.25) is 4.79 Å². The molecule has 0 spiro atoms. The molecule has 4 rings (SSSR count). The molecule has 3 aromatic carbocycles. The summed E-state index contributed by atoms with van der Waals surface area (Å²) < 4.78 is 56.7. The highest BCUT2D eigenvalue weighted by Crippen LogP contribution is 2.29. The lowest BCUT2D eigenvalue weighted by atomic mass is 9.93. The van der Waals surface area contributed by atoms with Crippen LogP contribution in [0, 0.1) is 0 Å². The van der Waals surface area contributed by atoms with E-state index in [1.165, 1.54) is 6.20 Å². The molecule has 0 bridgehead atoms. The highest BCUT2D eigenvalue weighted by molar-refractivity contribution is 6.21. The molecular formula is C25H25NO. The molecule has 1 aromatic heterocycles. The van der Waals surface area contributed by atoms with Crippen molar-refractivity contribution in [1.29, 1.82) is 0 Å². The first-order chi connectivity index (χ1) is 15.9. The van der Waals surface area contributed by atoms with E-state index in [1.807, 2.05) is 30.3 Å². The first kappa shape index (κ1) is 11.1. The van der Waals surface area contributed by atoms with Crippen LogP contribution in [0.2, 0.25) is 0 Å². The number of aromatic nitrogens is 1. The van der Waals surface area contributed by atoms with Gasteiger partial charge in [0.05, 0.1) is 0 Å². The number of rotatable bonds is 6. The molecule has 0 atom stereocenters. The maximum absolute atomic E-state index is 13.8. The Balaban J connectivity index is 1.93. The summed E-state index contributed by atoms with van der Waals surface area (Å²) in [5.41, 5.74) is 2.03. The standard InChI is InChI=1S/C25H25NO/c1-3-9-18-14-15-22(20-11-6-5-10-19(18)20)25(27)23-17-26(16-4-2)24-13-8-7-12-21(23)24/h5-8,10-15,17H,3-4,9,16H2,1-2H3/i2D3,4D2,16D2. The minimum absolute atomic E-state index is 0.189. The van der Waals surface area contributed by atoms with Gasteiger partial charge in [0.1, 0.15) is 0 Å². The Bertz CT molecular complexity index is 1390. The van der Waals surface area contributed by atoms with E-state index in [0.29, 0.717) is 10.9 Å². The number of carbonyl (C=O) groups is 1. The lowest BCUT2D eigenvalue weighted by Gasteiger charge is -2.10. The van der Waals surface area contributed by atoms with E-state index < -0.39 is 19.7 Å². The Morgan fingerprint density at radius 1 is 0.963 bits per heavy atom. The topological polar surface area (TPSA) is 22.0 Å². The third-order valence-corrected chi connectivity index (χ3v) is 4.91. The molecule has 27 heavy (non-hydrogen) atoms. The SMILES string of the molecule is [2H]C([2H])([2H])C([2H])([2H])C([2H])([2H])n1cc(C(=O)c2ccc(CCC)c3ccccc23)c2ccccc21. The van der Waals surface area contributed by atoms with Crippen LogP contribution in [0.4, 0.5) is 0 Å². The summed E-state index contributed by atoms with van der Waals surface area (Å²) in [4.78, 5) is 13.8. The third-order valence-electron chi connectivity index (χ3n) is 4.91. The molecule has 0 aliphatic carbocycles. The van der Waals surface area contributed by atoms with E-state index in [0.717, 1.165) is 33.7 Å². The molecule has 0 aliphatic heterocycles. The molecule has 0 unspecified atom stereocenters. The van der Waals surface area contributed by atoms with Crippen LogP contribution in [-0.2, 0) is 12.9 Å². The Morgan fingerprint density at radius 2 is 1.70 bits per heavy atom. The predicted octanol–water partition coefficient (Wildman–Crippen LogP) is 6.39. The van der Waals surface area contributed by atoms with Crippen molar-refractivity contribution in [3.63, 3.8) is 0 Å². The number of carbonyl (C=O) groups excluding carboxylic acids is 1. The molecule has 136 valence electrons. The van der Waals surface area contributed by atoms with Gasteiger partial charge in [-0.05, 0) is 35.2 Å². The summed E-state index contributed by atoms with van der Waals surface area (Å²) in [7, 11) is 0. The molecule has 2 nitrogen and oxygen atoms in total. The summed E-state index contributed by atoms with van der Waals surface area (Å²) in [6.07, 6.45) is -0.119. The zero-order valence-corrected chi connectivity index (χ0v) is 15.1. The van der Waals surface area contributed by atoms with Crippen LogP contribution in [0.25, 0.3) is 21.7 Å². The summed E-state index contributed by atoms with van der Waals surface area (Å²) in [5.74, 6) is -0.334. The first-order valence-corrected chi connectivity index (χ1v) is 9.07. The van der Waals surface area contributed by atoms with E-state index in [2.05, 4.69) is 6.92 Å². The van der Waals surface area contributed by atoms with E-state index in [4.69, 9.17) is 9.60 Å². The highest BCUT2D eigenvalue weighted by Gasteiger charge is 2.19. The molecule has 2 heteroatoms. The van der Waals surface area contributed by atoms with E-state index in [9.17, 15) is 4.79 Å². The number of hydrogen-bond donors (Lipinski definition) is 0. The van der Waals surface area contributed by atoms with Crippen LogP contribution in [0.1, 0.15) is 57.6 Å². The van der Waals surface area contributed by atoms with Gasteiger partial charge in [-0.1, -0.05) is 74.8 Å². The van der Waals surface area contributed by atoms with Crippen molar-refractivity contribution in [2.24, 2.45) is 0 Å². The van der Waals surface area contributed by atoms with E-state index in [-0.39, 0.29) is 16.9 Å². The highest BCUT2D eigenvalue weighted by atomic mass is 16.1. The molecule has 0 fully saturated rings. The largest absolute Gasteiger partial charge is 0.347 e. The van der Waals surface area contributed by atoms with Gasteiger partial charge in [-0.25, -0.2) is 0 Å². The van der Waals surface area contributed by atoms with E-state index in [1.54, 1.807) is 30.3 Å². The fourth-order valence-electron chi connectivity index (χ4n) is 3.71. The summed E-state index contributed by atoms with van der Waals surface area (Å²) in [6, 6.07) is 17.9. The van der Waals surface area contributed by atoms with Gasteiger partial charge in [-0.2, -0.15) is 0 Å². The van der Waals surface area contributed by atoms with E-state index >= 15 is 0 Å². The van der Waals surface area contributed by atoms with Gasteiger partial charge < -0.3 is 4.57 Å². The van der Waals surface area contributed by atoms with Crippen LogP contribution < -0.4 is 0 Å². The minimum atomic E-state index is -3.21. The lowest BCUT2D eigenvalue weighted by Crippen LogP contribution is -2.03. The number of para-hydroxylation sites is 1. The number of benzene rings is 3. The van der Waals surface area contributed by atoms with Gasteiger partial charge >= 0.3 is 0 Å². The second kappa shape index (κ2) is 7.40. The second-order valence-electron chi connectivity index (χ2n) is 6.56. The summed E-state index contributed by atoms with van der Waals surface area (Å²) in [5, 5.41) is 2.20. The number of ketones is 1. The maximum Gasteiger partial charge on any atom is 0.195 e. The molecule has 0 saturated heterocycles. The van der Waals surface area contributed by atoms with Crippen molar-refractivity contribution in [1.82, 2.24) is 4.57 Å². The number of aryl methyl sites for hydroxylation is 2. The van der Waals surface area contributed by atoms with Crippen molar-refractivity contribution >= 4 is 27.5 Å². The Morgan fingerprint density at radius 3 is 2.48 bits per heavy atom. The van der Waals surface area contributed by atoms with Crippen LogP contribution in [0.15, 0.2) is 66.9 Å². The van der Waals surface area contributed by atoms with Gasteiger partial charge in [-0.15, -0.1) is 0 Å². The van der Waals surface area contributed by atoms with Crippen LogP contribution in [-0.4, -0.2) is 10.4 Å². The third kappa shape index (κ3) is 3.06. The number of nitrogens with zero attached hydrogens (tertiary/aromatic N) is 1. The van der Waals surface area contributed by atoms with Crippen LogP contribution in [0.5, 0.6) is 0 Å². The predicted molar refractivity (Wildman–Crippen MR) is 114 cm³/mol. The molecule has 0 amide bonds.